The number of nitrogens with zero attached hydrogens (tertiary/aromatic N) is 2. The van der Waals surface area contributed by atoms with E-state index in [4.69, 9.17) is 16.2 Å². The predicted octanol–water partition coefficient (Wildman–Crippen LogP) is 4.68. The standard InChI is InChI=1S/C42H51N5O6/c1-42(2,3)45-38(50)34-20-12-13-23-46(34)39(35(48)22-21-28-14-6-4-7-15-28)47(41(52)33(43)26-37(44)49)40(51)32-24-30-18-10-11-19-31(30)25-36(32)53-27-29-16-8-5-9-17-29/h4-11,14-19,24-25,33-35,39,48H,12-13,20-23,26-27,43H2,1-3H3,(H2,44,49)(H,45,50)/t33-,34-,35+,39?/m0/s1. The molecule has 4 atom stereocenters. The van der Waals surface area contributed by atoms with Crippen molar-refractivity contribution in [2.24, 2.45) is 11.5 Å². The summed E-state index contributed by atoms with van der Waals surface area (Å²) in [5.74, 6) is -2.57. The van der Waals surface area contributed by atoms with Gasteiger partial charge in [0.2, 0.25) is 17.7 Å². The fourth-order valence-corrected chi connectivity index (χ4v) is 6.86. The number of ether oxygens (including phenoxy) is 1. The van der Waals surface area contributed by atoms with E-state index in [1.54, 1.807) is 17.0 Å². The van der Waals surface area contributed by atoms with Crippen molar-refractivity contribution in [3.05, 3.63) is 114 Å². The zero-order chi connectivity index (χ0) is 38.1. The summed E-state index contributed by atoms with van der Waals surface area (Å²) >= 11 is 0. The highest BCUT2D eigenvalue weighted by Crippen LogP contribution is 2.32. The van der Waals surface area contributed by atoms with Crippen LogP contribution in [0.4, 0.5) is 0 Å². The second-order valence-corrected chi connectivity index (χ2v) is 14.8. The van der Waals surface area contributed by atoms with Crippen LogP contribution in [0.2, 0.25) is 0 Å². The number of piperidine rings is 1. The lowest BCUT2D eigenvalue weighted by Gasteiger charge is -2.47. The van der Waals surface area contributed by atoms with Gasteiger partial charge in [-0.15, -0.1) is 0 Å². The summed E-state index contributed by atoms with van der Waals surface area (Å²) in [6, 6.07) is 27.6. The Labute approximate surface area is 311 Å². The molecule has 4 aromatic carbocycles. The normalized spacial score (nSPS) is 16.7. The number of aryl methyl sites for hydroxylation is 1. The molecule has 1 aliphatic heterocycles. The Hall–Kier alpha value is -5.10. The molecule has 4 amide bonds. The van der Waals surface area contributed by atoms with Crippen LogP contribution in [0.1, 0.15) is 74.4 Å². The molecule has 1 unspecified atom stereocenters. The van der Waals surface area contributed by atoms with Gasteiger partial charge in [-0.3, -0.25) is 29.0 Å². The number of benzene rings is 4. The van der Waals surface area contributed by atoms with Gasteiger partial charge < -0.3 is 26.6 Å². The number of likely N-dealkylation sites (tertiary alicyclic amines) is 1. The molecule has 0 bridgehead atoms. The number of aliphatic hydroxyl groups excluding tert-OH is 1. The highest BCUT2D eigenvalue weighted by atomic mass is 16.5. The van der Waals surface area contributed by atoms with Gasteiger partial charge in [0.15, 0.2) is 0 Å². The number of hydrogen-bond donors (Lipinski definition) is 4. The molecular formula is C42H51N5O6. The van der Waals surface area contributed by atoms with Gasteiger partial charge in [-0.25, -0.2) is 0 Å². The third-order valence-electron chi connectivity index (χ3n) is 9.38. The van der Waals surface area contributed by atoms with Gasteiger partial charge in [-0.2, -0.15) is 0 Å². The van der Waals surface area contributed by atoms with E-state index in [2.05, 4.69) is 5.32 Å². The van der Waals surface area contributed by atoms with Crippen molar-refractivity contribution in [3.63, 3.8) is 0 Å². The van der Waals surface area contributed by atoms with Crippen molar-refractivity contribution in [3.8, 4) is 5.75 Å². The van der Waals surface area contributed by atoms with Crippen LogP contribution in [0, 0.1) is 0 Å². The monoisotopic (exact) mass is 721 g/mol. The van der Waals surface area contributed by atoms with Gasteiger partial charge in [0.1, 0.15) is 18.5 Å². The van der Waals surface area contributed by atoms with E-state index in [1.807, 2.05) is 106 Å². The Morgan fingerprint density at radius 2 is 1.51 bits per heavy atom. The number of hydrogen-bond acceptors (Lipinski definition) is 8. The van der Waals surface area contributed by atoms with Crippen LogP contribution in [-0.2, 0) is 27.4 Å². The minimum atomic E-state index is -1.50. The average molecular weight is 722 g/mol. The molecule has 0 saturated carbocycles. The lowest BCUT2D eigenvalue weighted by molar-refractivity contribution is -0.149. The SMILES string of the molecule is CC(C)(C)NC(=O)[C@@H]1CCCCN1C([C@H](O)CCc1ccccc1)N(C(=O)c1cc2ccccc2cc1OCc1ccccc1)C(=O)[C@@H](N)CC(N)=O. The van der Waals surface area contributed by atoms with E-state index in [0.717, 1.165) is 33.2 Å². The lowest BCUT2D eigenvalue weighted by Crippen LogP contribution is -2.67. The molecule has 1 heterocycles. The third-order valence-corrected chi connectivity index (χ3v) is 9.38. The van der Waals surface area contributed by atoms with Gasteiger partial charge in [0, 0.05) is 12.1 Å². The maximum absolute atomic E-state index is 15.2. The molecule has 6 N–H and O–H groups in total. The number of carbonyl (C=O) groups is 4. The van der Waals surface area contributed by atoms with E-state index < -0.39 is 54.0 Å². The summed E-state index contributed by atoms with van der Waals surface area (Å²) in [7, 11) is 0. The van der Waals surface area contributed by atoms with E-state index in [-0.39, 0.29) is 30.2 Å². The van der Waals surface area contributed by atoms with Crippen LogP contribution in [0.5, 0.6) is 5.75 Å². The Balaban J connectivity index is 1.65. The predicted molar refractivity (Wildman–Crippen MR) is 204 cm³/mol. The van der Waals surface area contributed by atoms with Crippen molar-refractivity contribution in [1.29, 1.82) is 0 Å². The van der Waals surface area contributed by atoms with Crippen LogP contribution >= 0.6 is 0 Å². The number of imide groups is 1. The van der Waals surface area contributed by atoms with E-state index in [1.165, 1.54) is 0 Å². The summed E-state index contributed by atoms with van der Waals surface area (Å²) in [4.78, 5) is 58.6. The number of nitrogens with two attached hydrogens (primary N) is 2. The maximum atomic E-state index is 15.2. The molecule has 1 fully saturated rings. The van der Waals surface area contributed by atoms with E-state index >= 15 is 4.79 Å². The van der Waals surface area contributed by atoms with Gasteiger partial charge in [0.25, 0.3) is 5.91 Å². The summed E-state index contributed by atoms with van der Waals surface area (Å²) in [6.07, 6.45) is -0.772. The van der Waals surface area contributed by atoms with Crippen LogP contribution in [-0.4, -0.2) is 75.0 Å². The number of nitrogens with one attached hydrogen (secondary N) is 1. The number of amides is 4. The molecule has 53 heavy (non-hydrogen) atoms. The summed E-state index contributed by atoms with van der Waals surface area (Å²) in [5, 5.41) is 16.8. The van der Waals surface area contributed by atoms with Gasteiger partial charge in [-0.05, 0) is 80.5 Å². The first-order chi connectivity index (χ1) is 25.3. The molecule has 1 aliphatic rings. The Morgan fingerprint density at radius 3 is 2.13 bits per heavy atom. The first kappa shape index (κ1) is 39.1. The van der Waals surface area contributed by atoms with Crippen molar-refractivity contribution in [1.82, 2.24) is 15.1 Å². The number of aliphatic hydroxyl groups is 1. The molecule has 4 aromatic rings. The number of carbonyl (C=O) groups excluding carboxylic acids is 4. The molecule has 5 rings (SSSR count). The Kier molecular flexibility index (Phi) is 13.0. The maximum Gasteiger partial charge on any atom is 0.265 e. The fraction of sp³-hybridized carbons (Fsp3) is 0.381. The zero-order valence-electron chi connectivity index (χ0n) is 30.7. The van der Waals surface area contributed by atoms with E-state index in [9.17, 15) is 19.5 Å². The lowest BCUT2D eigenvalue weighted by atomic mass is 9.95. The first-order valence-corrected chi connectivity index (χ1v) is 18.2. The minimum absolute atomic E-state index is 0.0622. The second kappa shape index (κ2) is 17.6. The minimum Gasteiger partial charge on any atom is -0.488 e. The highest BCUT2D eigenvalue weighted by molar-refractivity contribution is 6.10. The van der Waals surface area contributed by atoms with Gasteiger partial charge in [0.05, 0.1) is 30.2 Å². The quantitative estimate of drug-likeness (QED) is 0.146. The summed E-state index contributed by atoms with van der Waals surface area (Å²) < 4.78 is 6.31. The molecule has 280 valence electrons. The molecule has 11 nitrogen and oxygen atoms in total. The van der Waals surface area contributed by atoms with Crippen molar-refractivity contribution in [2.45, 2.75) is 95.8 Å². The zero-order valence-corrected chi connectivity index (χ0v) is 30.7. The topological polar surface area (TPSA) is 168 Å². The van der Waals surface area contributed by atoms with Crippen LogP contribution in [0.25, 0.3) is 10.8 Å². The number of primary amides is 1. The molecule has 1 saturated heterocycles. The molecular weight excluding hydrogens is 670 g/mol. The first-order valence-electron chi connectivity index (χ1n) is 18.2. The fourth-order valence-electron chi connectivity index (χ4n) is 6.86. The third kappa shape index (κ3) is 10.3. The molecule has 0 aromatic heterocycles. The van der Waals surface area contributed by atoms with Gasteiger partial charge >= 0.3 is 0 Å². The van der Waals surface area contributed by atoms with Crippen molar-refractivity contribution >= 4 is 34.4 Å². The number of fused-ring (bicyclic) bond motifs is 1. The second-order valence-electron chi connectivity index (χ2n) is 14.8. The highest BCUT2D eigenvalue weighted by Gasteiger charge is 2.46. The molecule has 0 radical (unpaired) electrons. The molecule has 11 heteroatoms. The number of rotatable bonds is 14. The largest absolute Gasteiger partial charge is 0.488 e. The van der Waals surface area contributed by atoms with Crippen molar-refractivity contribution in [2.75, 3.05) is 6.54 Å². The van der Waals surface area contributed by atoms with E-state index in [0.29, 0.717) is 25.8 Å². The smallest absolute Gasteiger partial charge is 0.265 e. The van der Waals surface area contributed by atoms with Crippen LogP contribution in [0.3, 0.4) is 0 Å². The van der Waals surface area contributed by atoms with Gasteiger partial charge in [-0.1, -0.05) is 91.3 Å². The molecule has 0 aliphatic carbocycles. The Bertz CT molecular complexity index is 1880. The summed E-state index contributed by atoms with van der Waals surface area (Å²) in [6.45, 7) is 6.08. The summed E-state index contributed by atoms with van der Waals surface area (Å²) in [5.41, 5.74) is 13.2. The molecule has 0 spiro atoms. The average Bonchev–Trinajstić information content (AvgIpc) is 3.14. The van der Waals surface area contributed by atoms with Crippen LogP contribution in [0.15, 0.2) is 97.1 Å². The Morgan fingerprint density at radius 1 is 0.906 bits per heavy atom. The van der Waals surface area contributed by atoms with Crippen LogP contribution < -0.4 is 21.5 Å². The van der Waals surface area contributed by atoms with Crippen molar-refractivity contribution < 1.29 is 29.0 Å².